The number of rotatable bonds is 12. The van der Waals surface area contributed by atoms with Crippen molar-refractivity contribution in [1.82, 2.24) is 25.1 Å². The Hall–Kier alpha value is -5.14. The molecule has 0 spiro atoms. The average Bonchev–Trinajstić information content (AvgIpc) is 3.91. The van der Waals surface area contributed by atoms with Crippen molar-refractivity contribution in [3.8, 4) is 22.9 Å². The zero-order valence-electron chi connectivity index (χ0n) is 27.8. The van der Waals surface area contributed by atoms with Gasteiger partial charge in [-0.25, -0.2) is 5.01 Å². The highest BCUT2D eigenvalue weighted by molar-refractivity contribution is 7.99. The van der Waals surface area contributed by atoms with Crippen LogP contribution in [0.4, 0.5) is 0 Å². The molecule has 3 heterocycles. The number of hydrogen-bond donors (Lipinski definition) is 1. The first-order valence-electron chi connectivity index (χ1n) is 15.5. The number of methoxy groups -OCH3 is 3. The second-order valence-corrected chi connectivity index (χ2v) is 13.2. The van der Waals surface area contributed by atoms with Crippen molar-refractivity contribution >= 4 is 40.6 Å². The zero-order valence-corrected chi connectivity index (χ0v) is 29.4. The van der Waals surface area contributed by atoms with Crippen LogP contribution < -0.4 is 19.5 Å². The van der Waals surface area contributed by atoms with E-state index in [-0.39, 0.29) is 30.2 Å². The van der Waals surface area contributed by atoms with Gasteiger partial charge >= 0.3 is 0 Å². The number of benzene rings is 3. The number of carbonyl (C=O) groups is 2. The molecule has 0 saturated heterocycles. The number of thioether (sulfide) groups is 1. The van der Waals surface area contributed by atoms with E-state index in [1.807, 2.05) is 78.4 Å². The molecule has 1 N–H and O–H groups in total. The van der Waals surface area contributed by atoms with Crippen molar-refractivity contribution in [2.45, 2.75) is 38.0 Å². The van der Waals surface area contributed by atoms with E-state index in [1.165, 1.54) is 26.0 Å². The summed E-state index contributed by atoms with van der Waals surface area (Å²) < 4.78 is 17.9. The molecular formula is C36H36N6O5S2. The highest BCUT2D eigenvalue weighted by Crippen LogP contribution is 2.36. The Morgan fingerprint density at radius 1 is 0.918 bits per heavy atom. The van der Waals surface area contributed by atoms with E-state index < -0.39 is 0 Å². The molecule has 6 rings (SSSR count). The molecule has 11 nitrogen and oxygen atoms in total. The number of amides is 2. The molecule has 0 fully saturated rings. The molecule has 2 amide bonds. The summed E-state index contributed by atoms with van der Waals surface area (Å²) in [6, 6.07) is 22.5. The van der Waals surface area contributed by atoms with Crippen LogP contribution in [0.2, 0.25) is 0 Å². The second kappa shape index (κ2) is 15.0. The van der Waals surface area contributed by atoms with Gasteiger partial charge in [0.25, 0.3) is 11.8 Å². The monoisotopic (exact) mass is 696 g/mol. The lowest BCUT2D eigenvalue weighted by Gasteiger charge is -2.22. The van der Waals surface area contributed by atoms with Crippen LogP contribution in [-0.4, -0.2) is 64.4 Å². The van der Waals surface area contributed by atoms with Crippen LogP contribution in [0, 0.1) is 13.8 Å². The maximum Gasteiger partial charge on any atom is 0.253 e. The maximum absolute atomic E-state index is 13.9. The number of carbonyl (C=O) groups excluding carboxylic acids is 2. The van der Waals surface area contributed by atoms with Gasteiger partial charge in [0.2, 0.25) is 0 Å². The molecule has 49 heavy (non-hydrogen) atoms. The van der Waals surface area contributed by atoms with Gasteiger partial charge in [-0.1, -0.05) is 42.1 Å². The third-order valence-electron chi connectivity index (χ3n) is 8.33. The van der Waals surface area contributed by atoms with Gasteiger partial charge in [-0.3, -0.25) is 14.2 Å². The third kappa shape index (κ3) is 7.32. The van der Waals surface area contributed by atoms with Gasteiger partial charge in [0.1, 0.15) is 17.2 Å². The summed E-state index contributed by atoms with van der Waals surface area (Å²) in [5.74, 6) is 1.87. The normalized spacial score (nSPS) is 14.0. The summed E-state index contributed by atoms with van der Waals surface area (Å²) in [6.45, 7) is 4.15. The first kappa shape index (κ1) is 33.7. The summed E-state index contributed by atoms with van der Waals surface area (Å²) in [4.78, 5) is 28.2. The molecule has 1 aliphatic heterocycles. The summed E-state index contributed by atoms with van der Waals surface area (Å²) in [6.07, 6.45) is 0.602. The summed E-state index contributed by atoms with van der Waals surface area (Å²) in [7, 11) is 4.69. The Bertz CT molecular complexity index is 1970. The lowest BCUT2D eigenvalue weighted by atomic mass is 10.0. The topological polar surface area (TPSA) is 120 Å². The van der Waals surface area contributed by atoms with E-state index in [4.69, 9.17) is 19.3 Å². The molecule has 2 aromatic heterocycles. The fraction of sp³-hybridized carbons (Fsp3) is 0.250. The first-order chi connectivity index (χ1) is 23.8. The van der Waals surface area contributed by atoms with Crippen LogP contribution in [-0.2, 0) is 11.3 Å². The van der Waals surface area contributed by atoms with Gasteiger partial charge in [0, 0.05) is 18.1 Å². The minimum atomic E-state index is -0.324. The van der Waals surface area contributed by atoms with E-state index in [2.05, 4.69) is 15.5 Å². The lowest BCUT2D eigenvalue weighted by Crippen LogP contribution is -2.28. The number of nitrogens with one attached hydrogen (secondary N) is 1. The largest absolute Gasteiger partial charge is 0.497 e. The maximum atomic E-state index is 13.9. The van der Waals surface area contributed by atoms with Crippen molar-refractivity contribution in [2.24, 2.45) is 5.10 Å². The second-order valence-electron chi connectivity index (χ2n) is 11.3. The summed E-state index contributed by atoms with van der Waals surface area (Å²) in [5, 5.41) is 20.8. The van der Waals surface area contributed by atoms with Gasteiger partial charge < -0.3 is 19.5 Å². The molecule has 252 valence electrons. The summed E-state index contributed by atoms with van der Waals surface area (Å²) in [5.41, 5.74) is 5.21. The first-order valence-corrected chi connectivity index (χ1v) is 17.4. The molecule has 5 aromatic rings. The fourth-order valence-electron chi connectivity index (χ4n) is 5.54. The van der Waals surface area contributed by atoms with Crippen LogP contribution >= 0.6 is 23.1 Å². The van der Waals surface area contributed by atoms with Crippen molar-refractivity contribution in [2.75, 3.05) is 27.1 Å². The van der Waals surface area contributed by atoms with Crippen LogP contribution in [0.3, 0.4) is 0 Å². The van der Waals surface area contributed by atoms with Gasteiger partial charge in [-0.05, 0) is 72.3 Å². The summed E-state index contributed by atoms with van der Waals surface area (Å²) >= 11 is 2.88. The SMILES string of the molecule is COc1ccc([C@@H]2CC(c3cccs3)=NN2C(=O)CSc2nnc(CNC(=O)c3cc(OC)cc(OC)c3)n2-c2cccc(C)c2C)cc1. The van der Waals surface area contributed by atoms with E-state index >= 15 is 0 Å². The molecule has 3 aromatic carbocycles. The number of hydrazone groups is 1. The smallest absolute Gasteiger partial charge is 0.253 e. The number of ether oxygens (including phenoxy) is 3. The quantitative estimate of drug-likeness (QED) is 0.150. The molecule has 0 bridgehead atoms. The van der Waals surface area contributed by atoms with Gasteiger partial charge in [-0.15, -0.1) is 21.5 Å². The Morgan fingerprint density at radius 2 is 1.65 bits per heavy atom. The predicted molar refractivity (Wildman–Crippen MR) is 190 cm³/mol. The average molecular weight is 697 g/mol. The van der Waals surface area contributed by atoms with E-state index in [0.29, 0.717) is 34.5 Å². The van der Waals surface area contributed by atoms with Crippen LogP contribution in [0.1, 0.15) is 50.2 Å². The molecule has 13 heteroatoms. The van der Waals surface area contributed by atoms with Crippen molar-refractivity contribution in [3.05, 3.63) is 111 Å². The van der Waals surface area contributed by atoms with Crippen LogP contribution in [0.5, 0.6) is 17.2 Å². The third-order valence-corrected chi connectivity index (χ3v) is 10.2. The van der Waals surface area contributed by atoms with E-state index in [0.717, 1.165) is 38.7 Å². The highest BCUT2D eigenvalue weighted by Gasteiger charge is 2.34. The van der Waals surface area contributed by atoms with Crippen LogP contribution in [0.25, 0.3) is 5.69 Å². The van der Waals surface area contributed by atoms with E-state index in [9.17, 15) is 9.59 Å². The number of thiophene rings is 1. The number of hydrogen-bond acceptors (Lipinski definition) is 10. The minimum Gasteiger partial charge on any atom is -0.497 e. The van der Waals surface area contributed by atoms with Crippen molar-refractivity contribution in [3.63, 3.8) is 0 Å². The molecule has 0 saturated carbocycles. The molecule has 0 radical (unpaired) electrons. The Morgan fingerprint density at radius 3 is 2.33 bits per heavy atom. The van der Waals surface area contributed by atoms with Crippen molar-refractivity contribution < 1.29 is 23.8 Å². The van der Waals surface area contributed by atoms with Crippen LogP contribution in [0.15, 0.2) is 88.4 Å². The highest BCUT2D eigenvalue weighted by atomic mass is 32.2. The molecular weight excluding hydrogens is 661 g/mol. The number of aryl methyl sites for hydroxylation is 1. The standard InChI is InChI=1S/C36H36N6O5S2/c1-22-8-6-9-30(23(22)2)41-33(20-37-35(44)25-16-27(46-4)18-28(17-25)47-5)38-39-36(41)49-21-34(43)42-31(24-11-13-26(45-3)14-12-24)19-29(40-42)32-10-7-15-48-32/h6-18,31H,19-21H2,1-5H3,(H,37,44)/t31-/m0/s1. The Kier molecular flexibility index (Phi) is 10.3. The molecule has 1 aliphatic rings. The minimum absolute atomic E-state index is 0.0762. The van der Waals surface area contributed by atoms with Gasteiger partial charge in [0.15, 0.2) is 11.0 Å². The molecule has 0 aliphatic carbocycles. The van der Waals surface area contributed by atoms with Gasteiger partial charge in [0.05, 0.1) is 55.9 Å². The van der Waals surface area contributed by atoms with Crippen molar-refractivity contribution in [1.29, 1.82) is 0 Å². The predicted octanol–water partition coefficient (Wildman–Crippen LogP) is 6.37. The lowest BCUT2D eigenvalue weighted by molar-refractivity contribution is -0.130. The molecule has 1 atom stereocenters. The molecule has 0 unspecified atom stereocenters. The Labute approximate surface area is 292 Å². The number of aromatic nitrogens is 3. The van der Waals surface area contributed by atoms with Gasteiger partial charge in [-0.2, -0.15) is 5.10 Å². The Balaban J connectivity index is 1.26. The fourth-order valence-corrected chi connectivity index (χ4v) is 7.08. The zero-order chi connectivity index (χ0) is 34.5. The number of nitrogens with zero attached hydrogens (tertiary/aromatic N) is 5. The van der Waals surface area contributed by atoms with E-state index in [1.54, 1.807) is 41.7 Å².